The van der Waals surface area contributed by atoms with Gasteiger partial charge in [0.15, 0.2) is 0 Å². The van der Waals surface area contributed by atoms with E-state index in [1.807, 2.05) is 26.0 Å². The van der Waals surface area contributed by atoms with Crippen LogP contribution < -0.4 is 5.32 Å². The molecule has 2 aromatic heterocycles. The van der Waals surface area contributed by atoms with Gasteiger partial charge >= 0.3 is 0 Å². The van der Waals surface area contributed by atoms with Gasteiger partial charge in [-0.15, -0.1) is 0 Å². The number of carbonyl (C=O) groups excluding carboxylic acids is 2. The van der Waals surface area contributed by atoms with Crippen molar-refractivity contribution in [1.29, 1.82) is 0 Å². The van der Waals surface area contributed by atoms with Gasteiger partial charge in [0.1, 0.15) is 0 Å². The van der Waals surface area contributed by atoms with E-state index in [2.05, 4.69) is 15.5 Å². The first-order valence-corrected chi connectivity index (χ1v) is 9.13. The van der Waals surface area contributed by atoms with Crippen molar-refractivity contribution in [1.82, 2.24) is 20.4 Å². The molecule has 7 heteroatoms. The summed E-state index contributed by atoms with van der Waals surface area (Å²) in [5.41, 5.74) is 3.81. The molecule has 0 saturated heterocycles. The van der Waals surface area contributed by atoms with Gasteiger partial charge in [0, 0.05) is 31.9 Å². The number of aryl methyl sites for hydroxylation is 1. The van der Waals surface area contributed by atoms with E-state index in [1.165, 1.54) is 4.90 Å². The van der Waals surface area contributed by atoms with Crippen LogP contribution in [0.2, 0.25) is 0 Å². The number of hydrogen-bond acceptors (Lipinski definition) is 5. The third-order valence-corrected chi connectivity index (χ3v) is 4.53. The maximum atomic E-state index is 12.9. The van der Waals surface area contributed by atoms with E-state index >= 15 is 0 Å². The zero-order valence-electron chi connectivity index (χ0n) is 16.7. The van der Waals surface area contributed by atoms with Gasteiger partial charge in [-0.1, -0.05) is 31.1 Å². The largest absolute Gasteiger partial charge is 0.348 e. The van der Waals surface area contributed by atoms with Crippen LogP contribution in [0, 0.1) is 6.92 Å². The Bertz CT molecular complexity index is 1020. The molecule has 0 bridgehead atoms. The summed E-state index contributed by atoms with van der Waals surface area (Å²) in [7, 11) is 3.42. The number of amides is 2. The highest BCUT2D eigenvalue weighted by Crippen LogP contribution is 2.25. The predicted octanol–water partition coefficient (Wildman–Crippen LogP) is 3.29. The maximum absolute atomic E-state index is 12.9. The highest BCUT2D eigenvalue weighted by atomic mass is 16.5. The molecule has 0 radical (unpaired) electrons. The molecule has 0 aliphatic carbocycles. The topological polar surface area (TPSA) is 88.3 Å². The van der Waals surface area contributed by atoms with Crippen molar-refractivity contribution in [2.45, 2.75) is 33.2 Å². The summed E-state index contributed by atoms with van der Waals surface area (Å²) in [4.78, 5) is 30.8. The van der Waals surface area contributed by atoms with E-state index in [-0.39, 0.29) is 17.7 Å². The smallest absolute Gasteiger partial charge is 0.259 e. The number of nitrogens with zero attached hydrogens (tertiary/aromatic N) is 3. The van der Waals surface area contributed by atoms with E-state index in [4.69, 9.17) is 4.52 Å². The Hall–Kier alpha value is -3.22. The Morgan fingerprint density at radius 3 is 2.46 bits per heavy atom. The first-order valence-electron chi connectivity index (χ1n) is 9.13. The minimum atomic E-state index is -0.214. The fraction of sp³-hybridized carbons (Fsp3) is 0.333. The number of nitrogens with one attached hydrogen (secondary N) is 1. The Balaban J connectivity index is 1.80. The number of aromatic nitrogens is 2. The Morgan fingerprint density at radius 1 is 1.18 bits per heavy atom. The second kappa shape index (κ2) is 7.80. The molecule has 0 spiro atoms. The van der Waals surface area contributed by atoms with E-state index in [1.54, 1.807) is 39.2 Å². The van der Waals surface area contributed by atoms with Crippen LogP contribution in [0.1, 0.15) is 57.4 Å². The molecule has 3 aromatic rings. The number of benzene rings is 1. The summed E-state index contributed by atoms with van der Waals surface area (Å²) in [5, 5.41) is 7.51. The van der Waals surface area contributed by atoms with Crippen molar-refractivity contribution in [3.8, 4) is 0 Å². The number of pyridine rings is 1. The molecule has 2 amide bonds. The van der Waals surface area contributed by atoms with Gasteiger partial charge in [0.2, 0.25) is 0 Å². The average Bonchev–Trinajstić information content (AvgIpc) is 3.06. The van der Waals surface area contributed by atoms with Crippen LogP contribution in [0.3, 0.4) is 0 Å². The Morgan fingerprint density at radius 2 is 1.86 bits per heavy atom. The lowest BCUT2D eigenvalue weighted by molar-refractivity contribution is 0.0827. The summed E-state index contributed by atoms with van der Waals surface area (Å²) in [6, 6.07) is 8.99. The summed E-state index contributed by atoms with van der Waals surface area (Å²) >= 11 is 0. The van der Waals surface area contributed by atoms with Crippen molar-refractivity contribution >= 4 is 22.9 Å². The third-order valence-electron chi connectivity index (χ3n) is 4.53. The second-order valence-corrected chi connectivity index (χ2v) is 7.28. The number of carbonyl (C=O) groups is 2. The van der Waals surface area contributed by atoms with Gasteiger partial charge < -0.3 is 14.7 Å². The van der Waals surface area contributed by atoms with Gasteiger partial charge in [-0.2, -0.15) is 0 Å². The minimum Gasteiger partial charge on any atom is -0.348 e. The normalized spacial score (nSPS) is 11.1. The van der Waals surface area contributed by atoms with Crippen LogP contribution in [-0.4, -0.2) is 41.0 Å². The predicted molar refractivity (Wildman–Crippen MR) is 106 cm³/mol. The SMILES string of the molecule is Cc1noc2nc(C(C)C)cc(C(=O)NCc3ccc(C(=O)N(C)C)cc3)c12. The molecule has 0 fully saturated rings. The first kappa shape index (κ1) is 19.5. The lowest BCUT2D eigenvalue weighted by Gasteiger charge is -2.11. The minimum absolute atomic E-state index is 0.0566. The molecule has 1 aromatic carbocycles. The molecule has 0 saturated carbocycles. The molecule has 0 atom stereocenters. The highest BCUT2D eigenvalue weighted by Gasteiger charge is 2.19. The van der Waals surface area contributed by atoms with E-state index in [0.29, 0.717) is 34.5 Å². The molecule has 1 N–H and O–H groups in total. The molecular formula is C21H24N4O3. The molecule has 28 heavy (non-hydrogen) atoms. The van der Waals surface area contributed by atoms with Gasteiger partial charge in [-0.25, -0.2) is 4.98 Å². The fourth-order valence-corrected chi connectivity index (χ4v) is 2.89. The highest BCUT2D eigenvalue weighted by molar-refractivity contribution is 6.06. The van der Waals surface area contributed by atoms with Crippen LogP contribution in [0.25, 0.3) is 11.1 Å². The van der Waals surface area contributed by atoms with Crippen LogP contribution in [0.15, 0.2) is 34.9 Å². The monoisotopic (exact) mass is 380 g/mol. The zero-order chi connectivity index (χ0) is 20.4. The van der Waals surface area contributed by atoms with Crippen molar-refractivity contribution in [3.05, 3.63) is 58.4 Å². The van der Waals surface area contributed by atoms with E-state index in [0.717, 1.165) is 11.3 Å². The van der Waals surface area contributed by atoms with Crippen molar-refractivity contribution in [2.75, 3.05) is 14.1 Å². The molecule has 0 unspecified atom stereocenters. The van der Waals surface area contributed by atoms with Crippen LogP contribution in [0.4, 0.5) is 0 Å². The van der Waals surface area contributed by atoms with Crippen LogP contribution in [-0.2, 0) is 6.54 Å². The zero-order valence-corrected chi connectivity index (χ0v) is 16.7. The number of fused-ring (bicyclic) bond motifs is 1. The van der Waals surface area contributed by atoms with Crippen molar-refractivity contribution in [3.63, 3.8) is 0 Å². The van der Waals surface area contributed by atoms with E-state index in [9.17, 15) is 9.59 Å². The van der Waals surface area contributed by atoms with Crippen LogP contribution >= 0.6 is 0 Å². The lowest BCUT2D eigenvalue weighted by Crippen LogP contribution is -2.24. The fourth-order valence-electron chi connectivity index (χ4n) is 2.89. The molecule has 7 nitrogen and oxygen atoms in total. The Kier molecular flexibility index (Phi) is 5.44. The van der Waals surface area contributed by atoms with Gasteiger partial charge in [-0.3, -0.25) is 9.59 Å². The maximum Gasteiger partial charge on any atom is 0.259 e. The second-order valence-electron chi connectivity index (χ2n) is 7.28. The molecule has 0 aliphatic rings. The number of rotatable bonds is 5. The molecule has 146 valence electrons. The van der Waals surface area contributed by atoms with Crippen molar-refractivity contribution < 1.29 is 14.1 Å². The van der Waals surface area contributed by atoms with Gasteiger partial charge in [-0.05, 0) is 36.6 Å². The molecular weight excluding hydrogens is 356 g/mol. The quantitative estimate of drug-likeness (QED) is 0.734. The van der Waals surface area contributed by atoms with Crippen LogP contribution in [0.5, 0.6) is 0 Å². The van der Waals surface area contributed by atoms with Gasteiger partial charge in [0.05, 0.1) is 16.6 Å². The van der Waals surface area contributed by atoms with Gasteiger partial charge in [0.25, 0.3) is 17.5 Å². The summed E-state index contributed by atoms with van der Waals surface area (Å²) in [6.45, 7) is 6.16. The third kappa shape index (κ3) is 3.88. The Labute approximate surface area is 163 Å². The van der Waals surface area contributed by atoms with E-state index < -0.39 is 0 Å². The summed E-state index contributed by atoms with van der Waals surface area (Å²) in [5.74, 6) is -0.115. The lowest BCUT2D eigenvalue weighted by atomic mass is 10.0. The first-order chi connectivity index (χ1) is 13.3. The molecule has 3 rings (SSSR count). The summed E-state index contributed by atoms with van der Waals surface area (Å²) < 4.78 is 5.27. The van der Waals surface area contributed by atoms with Crippen molar-refractivity contribution in [2.24, 2.45) is 0 Å². The standard InChI is InChI=1S/C21H24N4O3/c1-12(2)17-10-16(18-13(3)24-28-20(18)23-17)19(26)22-11-14-6-8-15(9-7-14)21(27)25(4)5/h6-10,12H,11H2,1-5H3,(H,22,26). The molecule has 2 heterocycles. The average molecular weight is 380 g/mol. The number of hydrogen-bond donors (Lipinski definition) is 1. The summed E-state index contributed by atoms with van der Waals surface area (Å²) in [6.07, 6.45) is 0. The molecule has 0 aliphatic heterocycles.